The molecule has 0 aliphatic heterocycles. The minimum Gasteiger partial charge on any atom is -0.267 e. The molecule has 0 saturated carbocycles. The van der Waals surface area contributed by atoms with Gasteiger partial charge < -0.3 is 0 Å². The van der Waals surface area contributed by atoms with Crippen LogP contribution >= 0.6 is 23.1 Å². The Morgan fingerprint density at radius 1 is 1.00 bits per heavy atom. The van der Waals surface area contributed by atoms with E-state index in [9.17, 15) is 18.4 Å². The van der Waals surface area contributed by atoms with Crippen molar-refractivity contribution in [1.29, 1.82) is 0 Å². The third kappa shape index (κ3) is 4.06. The van der Waals surface area contributed by atoms with Crippen molar-refractivity contribution in [3.8, 4) is 0 Å². The summed E-state index contributed by atoms with van der Waals surface area (Å²) in [6.45, 7) is 0. The van der Waals surface area contributed by atoms with Gasteiger partial charge >= 0.3 is 0 Å². The van der Waals surface area contributed by atoms with E-state index in [-0.39, 0.29) is 11.3 Å². The molecule has 0 aliphatic rings. The molecule has 3 aromatic carbocycles. The maximum absolute atomic E-state index is 14.0. The van der Waals surface area contributed by atoms with Crippen LogP contribution in [0.1, 0.15) is 10.5 Å². The highest BCUT2D eigenvalue weighted by Crippen LogP contribution is 2.36. The highest BCUT2D eigenvalue weighted by atomic mass is 32.2. The van der Waals surface area contributed by atoms with Gasteiger partial charge in [0.25, 0.3) is 17.2 Å². The molecular weight excluding hydrogens is 478 g/mol. The largest absolute Gasteiger partial charge is 0.288 e. The van der Waals surface area contributed by atoms with Crippen LogP contribution < -0.4 is 10.5 Å². The van der Waals surface area contributed by atoms with Crippen LogP contribution in [0, 0.1) is 0 Å². The zero-order valence-electron chi connectivity index (χ0n) is 17.7. The van der Waals surface area contributed by atoms with Crippen molar-refractivity contribution in [2.45, 2.75) is 10.7 Å². The van der Waals surface area contributed by atoms with Gasteiger partial charge in [-0.25, -0.2) is 9.67 Å². The van der Waals surface area contributed by atoms with Crippen molar-refractivity contribution in [2.75, 3.05) is 4.90 Å². The number of hydrogen-bond acceptors (Lipinski definition) is 6. The molecule has 170 valence electrons. The number of thiazole rings is 1. The van der Waals surface area contributed by atoms with E-state index in [0.29, 0.717) is 38.2 Å². The zero-order valence-corrected chi connectivity index (χ0v) is 19.3. The molecule has 5 aromatic rings. The van der Waals surface area contributed by atoms with Crippen molar-refractivity contribution in [3.05, 3.63) is 88.8 Å². The number of nitrogens with zero attached hydrogens (tertiary/aromatic N) is 4. The molecule has 0 saturated heterocycles. The smallest absolute Gasteiger partial charge is 0.267 e. The highest BCUT2D eigenvalue weighted by Gasteiger charge is 2.27. The second kappa shape index (κ2) is 8.96. The molecule has 0 atom stereocenters. The normalized spacial score (nSPS) is 11.4. The molecule has 0 bridgehead atoms. The average molecular weight is 495 g/mol. The number of anilines is 2. The SMILES string of the molecule is Cn1nc(C(=O)N(c2ccc(SC(F)F)cc2)c2nc3ccccc3s2)c2ccccc2c1=O. The second-order valence-electron chi connectivity index (χ2n) is 7.30. The first-order valence-electron chi connectivity index (χ1n) is 10.1. The molecule has 1 amide bonds. The molecule has 0 spiro atoms. The Kier molecular flexibility index (Phi) is 5.84. The lowest BCUT2D eigenvalue weighted by Gasteiger charge is -2.21. The first kappa shape index (κ1) is 22.2. The monoisotopic (exact) mass is 494 g/mol. The fourth-order valence-corrected chi connectivity index (χ4v) is 5.09. The molecule has 0 unspecified atom stereocenters. The maximum atomic E-state index is 14.0. The molecule has 10 heteroatoms. The van der Waals surface area contributed by atoms with Gasteiger partial charge in [0.1, 0.15) is 0 Å². The number of rotatable bonds is 5. The summed E-state index contributed by atoms with van der Waals surface area (Å²) < 4.78 is 27.6. The average Bonchev–Trinajstić information content (AvgIpc) is 3.26. The van der Waals surface area contributed by atoms with E-state index in [1.54, 1.807) is 36.4 Å². The number of fused-ring (bicyclic) bond motifs is 2. The summed E-state index contributed by atoms with van der Waals surface area (Å²) in [5.74, 6) is -3.03. The van der Waals surface area contributed by atoms with Crippen LogP contribution in [-0.4, -0.2) is 26.4 Å². The van der Waals surface area contributed by atoms with Crippen LogP contribution in [0.2, 0.25) is 0 Å². The minimum atomic E-state index is -2.55. The molecule has 0 aliphatic carbocycles. The summed E-state index contributed by atoms with van der Waals surface area (Å²) in [6, 6.07) is 20.5. The van der Waals surface area contributed by atoms with Crippen molar-refractivity contribution < 1.29 is 13.6 Å². The fourth-order valence-electron chi connectivity index (χ4n) is 3.61. The Balaban J connectivity index is 1.69. The predicted molar refractivity (Wildman–Crippen MR) is 131 cm³/mol. The lowest BCUT2D eigenvalue weighted by Crippen LogP contribution is -2.30. The highest BCUT2D eigenvalue weighted by molar-refractivity contribution is 7.99. The van der Waals surface area contributed by atoms with Crippen molar-refractivity contribution in [1.82, 2.24) is 14.8 Å². The summed E-state index contributed by atoms with van der Waals surface area (Å²) in [5.41, 5.74) is 0.945. The number of aromatic nitrogens is 3. The number of aryl methyl sites for hydroxylation is 1. The predicted octanol–water partition coefficient (Wildman–Crippen LogP) is 5.84. The Morgan fingerprint density at radius 2 is 1.68 bits per heavy atom. The third-order valence-electron chi connectivity index (χ3n) is 5.16. The second-order valence-corrected chi connectivity index (χ2v) is 9.37. The Morgan fingerprint density at radius 3 is 2.38 bits per heavy atom. The van der Waals surface area contributed by atoms with Crippen LogP contribution in [-0.2, 0) is 7.05 Å². The van der Waals surface area contributed by atoms with E-state index in [1.165, 1.54) is 35.4 Å². The van der Waals surface area contributed by atoms with Crippen LogP contribution in [0.3, 0.4) is 0 Å². The number of carbonyl (C=O) groups is 1. The fraction of sp³-hybridized carbons (Fsp3) is 0.0833. The van der Waals surface area contributed by atoms with Crippen LogP contribution in [0.5, 0.6) is 0 Å². The summed E-state index contributed by atoms with van der Waals surface area (Å²) >= 11 is 1.75. The number of benzene rings is 3. The van der Waals surface area contributed by atoms with Crippen molar-refractivity contribution in [3.63, 3.8) is 0 Å². The van der Waals surface area contributed by atoms with Gasteiger partial charge in [-0.05, 0) is 42.5 Å². The number of hydrogen-bond donors (Lipinski definition) is 0. The quantitative estimate of drug-likeness (QED) is 0.287. The number of thioether (sulfide) groups is 1. The van der Waals surface area contributed by atoms with Gasteiger partial charge in [0.15, 0.2) is 10.8 Å². The van der Waals surface area contributed by atoms with E-state index in [0.717, 1.165) is 14.9 Å². The van der Waals surface area contributed by atoms with Crippen molar-refractivity contribution >= 4 is 60.8 Å². The summed E-state index contributed by atoms with van der Waals surface area (Å²) in [6.07, 6.45) is 0. The van der Waals surface area contributed by atoms with Crippen LogP contribution in [0.4, 0.5) is 19.6 Å². The van der Waals surface area contributed by atoms with Gasteiger partial charge in [-0.3, -0.25) is 14.5 Å². The van der Waals surface area contributed by atoms with Gasteiger partial charge in [-0.1, -0.05) is 53.4 Å². The van der Waals surface area contributed by atoms with Gasteiger partial charge in [0.05, 0.1) is 21.3 Å². The summed E-state index contributed by atoms with van der Waals surface area (Å²) in [4.78, 5) is 32.9. The standard InChI is InChI=1S/C24H16F2N4O2S2/c1-29-21(31)17-7-3-2-6-16(17)20(28-29)22(32)30(14-10-12-15(13-11-14)33-23(25)26)24-27-18-8-4-5-9-19(18)34-24/h2-13,23H,1H3. The summed E-state index contributed by atoms with van der Waals surface area (Å²) in [7, 11) is 1.49. The van der Waals surface area contributed by atoms with Gasteiger partial charge in [0.2, 0.25) is 0 Å². The maximum Gasteiger partial charge on any atom is 0.288 e. The van der Waals surface area contributed by atoms with E-state index < -0.39 is 11.7 Å². The molecule has 0 fully saturated rings. The Labute approximate surface area is 200 Å². The molecule has 6 nitrogen and oxygen atoms in total. The number of carbonyl (C=O) groups excluding carboxylic acids is 1. The number of para-hydroxylation sites is 1. The van der Waals surface area contributed by atoms with Crippen LogP contribution in [0.15, 0.2) is 82.5 Å². The minimum absolute atomic E-state index is 0.0861. The van der Waals surface area contributed by atoms with E-state index in [2.05, 4.69) is 10.1 Å². The molecule has 0 radical (unpaired) electrons. The first-order valence-corrected chi connectivity index (χ1v) is 11.8. The third-order valence-corrected chi connectivity index (χ3v) is 6.90. The van der Waals surface area contributed by atoms with E-state index >= 15 is 0 Å². The molecule has 5 rings (SSSR count). The number of amides is 1. The number of alkyl halides is 2. The van der Waals surface area contributed by atoms with Gasteiger partial charge in [-0.2, -0.15) is 13.9 Å². The van der Waals surface area contributed by atoms with Gasteiger partial charge in [-0.15, -0.1) is 0 Å². The summed E-state index contributed by atoms with van der Waals surface area (Å²) in [5, 5.41) is 5.47. The van der Waals surface area contributed by atoms with Gasteiger partial charge in [0, 0.05) is 17.3 Å². The molecule has 2 aromatic heterocycles. The Hall–Kier alpha value is -3.63. The van der Waals surface area contributed by atoms with E-state index in [4.69, 9.17) is 0 Å². The Bertz CT molecular complexity index is 1550. The zero-order chi connectivity index (χ0) is 23.8. The lowest BCUT2D eigenvalue weighted by molar-refractivity contribution is 0.0994. The molecule has 0 N–H and O–H groups in total. The lowest BCUT2D eigenvalue weighted by atomic mass is 10.1. The van der Waals surface area contributed by atoms with E-state index in [1.807, 2.05) is 24.3 Å². The number of halogens is 2. The first-order chi connectivity index (χ1) is 16.4. The molecule has 2 heterocycles. The van der Waals surface area contributed by atoms with Crippen molar-refractivity contribution in [2.24, 2.45) is 7.05 Å². The molecular formula is C24H16F2N4O2S2. The van der Waals surface area contributed by atoms with Crippen LogP contribution in [0.25, 0.3) is 21.0 Å². The topological polar surface area (TPSA) is 68.1 Å². The molecule has 34 heavy (non-hydrogen) atoms.